The van der Waals surface area contributed by atoms with Crippen molar-refractivity contribution in [2.24, 2.45) is 28.6 Å². The van der Waals surface area contributed by atoms with Gasteiger partial charge in [0.25, 0.3) is 0 Å². The molecule has 164 valence electrons. The van der Waals surface area contributed by atoms with Crippen LogP contribution in [0.5, 0.6) is 0 Å². The Hall–Kier alpha value is -1.40. The lowest BCUT2D eigenvalue weighted by Gasteiger charge is -2.58. The minimum atomic E-state index is -0.873. The van der Waals surface area contributed by atoms with Gasteiger partial charge in [-0.1, -0.05) is 37.3 Å². The van der Waals surface area contributed by atoms with Gasteiger partial charge in [-0.15, -0.1) is 0 Å². The fourth-order valence-electron chi connectivity index (χ4n) is 6.85. The standard InChI is InChI=1S/C24H32O5S/c1-23-10-8-15(25)12-14(23)13-18(30-21(29)5-3-4-20(27)28)22-16-6-7-19(26)24(16,2)11-9-17(22)23/h8,10,12,16-19,22,26H,3-7,9,11,13H2,1-2H3,(H,27,28)/t16-,17-,18+,19?,22-,23-,24-/m0/s1. The molecule has 0 bridgehead atoms. The molecule has 2 N–H and O–H groups in total. The Bertz CT molecular complexity index is 816. The van der Waals surface area contributed by atoms with Gasteiger partial charge in [-0.2, -0.15) is 0 Å². The van der Waals surface area contributed by atoms with Gasteiger partial charge >= 0.3 is 5.97 Å². The fourth-order valence-corrected chi connectivity index (χ4v) is 8.25. The van der Waals surface area contributed by atoms with Crippen molar-refractivity contribution >= 4 is 28.6 Å². The van der Waals surface area contributed by atoms with Crippen molar-refractivity contribution < 1.29 is 24.6 Å². The van der Waals surface area contributed by atoms with Gasteiger partial charge in [-0.05, 0) is 73.8 Å². The summed E-state index contributed by atoms with van der Waals surface area (Å²) in [5, 5.41) is 19.7. The van der Waals surface area contributed by atoms with E-state index in [-0.39, 0.29) is 45.9 Å². The summed E-state index contributed by atoms with van der Waals surface area (Å²) >= 11 is 1.37. The highest BCUT2D eigenvalue weighted by atomic mass is 32.2. The lowest BCUT2D eigenvalue weighted by molar-refractivity contribution is -0.137. The fraction of sp³-hybridized carbons (Fsp3) is 0.708. The quantitative estimate of drug-likeness (QED) is 0.678. The summed E-state index contributed by atoms with van der Waals surface area (Å²) in [5.41, 5.74) is 0.879. The van der Waals surface area contributed by atoms with Crippen LogP contribution in [0.2, 0.25) is 0 Å². The third kappa shape index (κ3) is 3.60. The van der Waals surface area contributed by atoms with Crippen LogP contribution in [0, 0.1) is 28.6 Å². The monoisotopic (exact) mass is 432 g/mol. The van der Waals surface area contributed by atoms with Gasteiger partial charge in [0.1, 0.15) is 0 Å². The number of aliphatic carboxylic acids is 1. The van der Waals surface area contributed by atoms with Crippen molar-refractivity contribution in [3.8, 4) is 0 Å². The largest absolute Gasteiger partial charge is 0.481 e. The summed E-state index contributed by atoms with van der Waals surface area (Å²) in [5.74, 6) is 0.195. The Morgan fingerprint density at radius 2 is 1.93 bits per heavy atom. The van der Waals surface area contributed by atoms with Crippen LogP contribution in [0.3, 0.4) is 0 Å². The number of carbonyl (C=O) groups excluding carboxylic acids is 2. The van der Waals surface area contributed by atoms with E-state index in [9.17, 15) is 19.5 Å². The number of thioether (sulfide) groups is 1. The van der Waals surface area contributed by atoms with Gasteiger partial charge in [-0.25, -0.2) is 0 Å². The number of carboxylic acids is 1. The summed E-state index contributed by atoms with van der Waals surface area (Å²) in [4.78, 5) is 35.6. The molecule has 3 fully saturated rings. The first kappa shape index (κ1) is 21.8. The van der Waals surface area contributed by atoms with Crippen molar-refractivity contribution in [3.05, 3.63) is 23.8 Å². The van der Waals surface area contributed by atoms with Crippen LogP contribution in [0.15, 0.2) is 23.8 Å². The summed E-state index contributed by atoms with van der Waals surface area (Å²) in [6.07, 6.45) is 10.4. The number of carboxylic acid groups (broad SMARTS) is 1. The Labute approximate surface area is 182 Å². The first-order chi connectivity index (χ1) is 14.1. The molecule has 7 atom stereocenters. The van der Waals surface area contributed by atoms with Gasteiger partial charge in [-0.3, -0.25) is 14.4 Å². The molecular weight excluding hydrogens is 400 g/mol. The van der Waals surface area contributed by atoms with E-state index in [1.165, 1.54) is 11.8 Å². The zero-order chi connectivity index (χ0) is 21.7. The molecule has 0 spiro atoms. The first-order valence-corrected chi connectivity index (χ1v) is 12.1. The van der Waals surface area contributed by atoms with Crippen LogP contribution < -0.4 is 0 Å². The van der Waals surface area contributed by atoms with Crippen LogP contribution in [0.1, 0.15) is 65.2 Å². The highest BCUT2D eigenvalue weighted by Gasteiger charge is 2.61. The van der Waals surface area contributed by atoms with Crippen LogP contribution in [-0.2, 0) is 14.4 Å². The lowest BCUT2D eigenvalue weighted by atomic mass is 9.48. The van der Waals surface area contributed by atoms with Crippen molar-refractivity contribution in [1.29, 1.82) is 0 Å². The molecule has 6 heteroatoms. The van der Waals surface area contributed by atoms with Crippen molar-refractivity contribution in [2.75, 3.05) is 0 Å². The molecule has 5 nitrogen and oxygen atoms in total. The molecule has 1 unspecified atom stereocenters. The second-order valence-corrected chi connectivity index (χ2v) is 11.4. The third-order valence-electron chi connectivity index (χ3n) is 8.56. The number of ketones is 1. The Balaban J connectivity index is 1.62. The summed E-state index contributed by atoms with van der Waals surface area (Å²) in [6.45, 7) is 4.46. The molecule has 0 radical (unpaired) electrons. The normalized spacial score (nSPS) is 42.2. The molecule has 4 aliphatic carbocycles. The average Bonchev–Trinajstić information content (AvgIpc) is 2.98. The number of rotatable bonds is 5. The number of aliphatic hydroxyl groups is 1. The van der Waals surface area contributed by atoms with Gasteiger partial charge in [0, 0.05) is 23.5 Å². The van der Waals surface area contributed by atoms with E-state index in [0.717, 1.165) is 31.3 Å². The van der Waals surface area contributed by atoms with Crippen molar-refractivity contribution in [3.63, 3.8) is 0 Å². The minimum absolute atomic E-state index is 0.0123. The maximum Gasteiger partial charge on any atom is 0.303 e. The van der Waals surface area contributed by atoms with Gasteiger partial charge < -0.3 is 10.2 Å². The maximum absolute atomic E-state index is 12.7. The number of allylic oxidation sites excluding steroid dienone is 4. The molecule has 4 aliphatic rings. The predicted molar refractivity (Wildman–Crippen MR) is 116 cm³/mol. The van der Waals surface area contributed by atoms with E-state index in [1.54, 1.807) is 12.2 Å². The molecule has 0 amide bonds. The van der Waals surface area contributed by atoms with Crippen LogP contribution >= 0.6 is 11.8 Å². The van der Waals surface area contributed by atoms with E-state index in [2.05, 4.69) is 19.9 Å². The molecule has 0 aromatic heterocycles. The highest BCUT2D eigenvalue weighted by Crippen LogP contribution is 2.66. The van der Waals surface area contributed by atoms with Crippen LogP contribution in [0.4, 0.5) is 0 Å². The van der Waals surface area contributed by atoms with E-state index in [1.807, 2.05) is 0 Å². The second kappa shape index (κ2) is 7.94. The number of carbonyl (C=O) groups is 3. The molecule has 0 aliphatic heterocycles. The van der Waals surface area contributed by atoms with Gasteiger partial charge in [0.15, 0.2) is 10.9 Å². The Kier molecular flexibility index (Phi) is 5.77. The van der Waals surface area contributed by atoms with Crippen LogP contribution in [0.25, 0.3) is 0 Å². The molecule has 3 saturated carbocycles. The number of hydrogen-bond donors (Lipinski definition) is 2. The minimum Gasteiger partial charge on any atom is -0.481 e. The topological polar surface area (TPSA) is 91.7 Å². The maximum atomic E-state index is 12.7. The molecule has 4 rings (SSSR count). The summed E-state index contributed by atoms with van der Waals surface area (Å²) in [7, 11) is 0. The Morgan fingerprint density at radius 1 is 1.17 bits per heavy atom. The summed E-state index contributed by atoms with van der Waals surface area (Å²) < 4.78 is 0. The number of hydrogen-bond acceptors (Lipinski definition) is 5. The van der Waals surface area contributed by atoms with E-state index >= 15 is 0 Å². The molecule has 0 heterocycles. The summed E-state index contributed by atoms with van der Waals surface area (Å²) in [6, 6.07) is 0. The molecule has 0 aromatic carbocycles. The Morgan fingerprint density at radius 3 is 2.67 bits per heavy atom. The molecule has 30 heavy (non-hydrogen) atoms. The number of aliphatic hydroxyl groups excluding tert-OH is 1. The van der Waals surface area contributed by atoms with E-state index < -0.39 is 5.97 Å². The highest BCUT2D eigenvalue weighted by molar-refractivity contribution is 8.14. The van der Waals surface area contributed by atoms with Gasteiger partial charge in [0.05, 0.1) is 6.10 Å². The SMILES string of the molecule is C[C@]12C=CC(=O)C=C1C[C@@H](SC(=O)CCCC(=O)O)[C@@H]1[C@@H]2CC[C@]2(C)C(O)CC[C@@H]12. The van der Waals surface area contributed by atoms with E-state index in [0.29, 0.717) is 30.6 Å². The molecular formula is C24H32O5S. The van der Waals surface area contributed by atoms with Gasteiger partial charge in [0.2, 0.25) is 0 Å². The second-order valence-electron chi connectivity index (χ2n) is 10.1. The van der Waals surface area contributed by atoms with Crippen LogP contribution in [-0.4, -0.2) is 38.4 Å². The molecule has 0 saturated heterocycles. The zero-order valence-electron chi connectivity index (χ0n) is 17.8. The number of fused-ring (bicyclic) bond motifs is 5. The smallest absolute Gasteiger partial charge is 0.303 e. The predicted octanol–water partition coefficient (Wildman–Crippen LogP) is 4.15. The van der Waals surface area contributed by atoms with Crippen molar-refractivity contribution in [1.82, 2.24) is 0 Å². The zero-order valence-corrected chi connectivity index (χ0v) is 18.6. The third-order valence-corrected chi connectivity index (χ3v) is 9.81. The average molecular weight is 433 g/mol. The van der Waals surface area contributed by atoms with E-state index in [4.69, 9.17) is 5.11 Å². The lowest BCUT2D eigenvalue weighted by Crippen LogP contribution is -2.54. The van der Waals surface area contributed by atoms with Crippen molar-refractivity contribution in [2.45, 2.75) is 76.6 Å². The first-order valence-electron chi connectivity index (χ1n) is 11.2. The molecule has 0 aromatic rings.